The van der Waals surface area contributed by atoms with Gasteiger partial charge in [-0.25, -0.2) is 0 Å². The fourth-order valence-corrected chi connectivity index (χ4v) is 1.79. The van der Waals surface area contributed by atoms with Crippen molar-refractivity contribution < 1.29 is 4.74 Å². The number of hydrogen-bond donors (Lipinski definition) is 0. The highest BCUT2D eigenvalue weighted by molar-refractivity contribution is 5.79. The molecule has 0 amide bonds. The molecule has 2 aliphatic heterocycles. The molecule has 1 saturated heterocycles. The second-order valence-corrected chi connectivity index (χ2v) is 3.32. The van der Waals surface area contributed by atoms with Crippen molar-refractivity contribution in [3.8, 4) is 0 Å². The van der Waals surface area contributed by atoms with Crippen LogP contribution in [0.2, 0.25) is 0 Å². The zero-order valence-electron chi connectivity index (χ0n) is 7.00. The molecule has 0 aromatic carbocycles. The lowest BCUT2D eigenvalue weighted by atomic mass is 9.91. The summed E-state index contributed by atoms with van der Waals surface area (Å²) in [5, 5.41) is 0. The average Bonchev–Trinajstić information content (AvgIpc) is 1.98. The van der Waals surface area contributed by atoms with E-state index >= 15 is 0 Å². The number of aliphatic imine (C=N–C) groups is 1. The number of rotatable bonds is 0. The van der Waals surface area contributed by atoms with Gasteiger partial charge < -0.3 is 4.74 Å². The lowest BCUT2D eigenvalue weighted by molar-refractivity contribution is 0.116. The smallest absolute Gasteiger partial charge is 0.105 e. The van der Waals surface area contributed by atoms with Crippen LogP contribution >= 0.6 is 0 Å². The summed E-state index contributed by atoms with van der Waals surface area (Å²) in [5.74, 6) is 1.67. The van der Waals surface area contributed by atoms with Crippen molar-refractivity contribution in [2.75, 3.05) is 6.61 Å². The third-order valence-electron chi connectivity index (χ3n) is 2.51. The summed E-state index contributed by atoms with van der Waals surface area (Å²) in [6.45, 7) is 5.11. The minimum Gasteiger partial charge on any atom is -0.497 e. The number of nitrogens with zero attached hydrogens (tertiary/aromatic N) is 1. The normalized spacial score (nSPS) is 35.5. The summed E-state index contributed by atoms with van der Waals surface area (Å²) >= 11 is 0. The minimum absolute atomic E-state index is 0.488. The summed E-state index contributed by atoms with van der Waals surface area (Å²) in [7, 11) is 0. The predicted molar refractivity (Wildman–Crippen MR) is 44.7 cm³/mol. The van der Waals surface area contributed by atoms with Crippen molar-refractivity contribution in [1.82, 2.24) is 0 Å². The Labute approximate surface area is 67.0 Å². The van der Waals surface area contributed by atoms with Crippen molar-refractivity contribution in [2.45, 2.75) is 26.3 Å². The van der Waals surface area contributed by atoms with Crippen molar-refractivity contribution in [3.05, 3.63) is 11.3 Å². The van der Waals surface area contributed by atoms with Gasteiger partial charge in [-0.1, -0.05) is 6.92 Å². The van der Waals surface area contributed by atoms with E-state index in [-0.39, 0.29) is 0 Å². The number of fused-ring (bicyclic) bond motifs is 2. The van der Waals surface area contributed by atoms with Gasteiger partial charge in [-0.3, -0.25) is 4.99 Å². The van der Waals surface area contributed by atoms with Crippen LogP contribution in [0.4, 0.5) is 0 Å². The van der Waals surface area contributed by atoms with Crippen LogP contribution in [0.1, 0.15) is 20.3 Å². The lowest BCUT2D eigenvalue weighted by Gasteiger charge is -2.32. The van der Waals surface area contributed by atoms with Crippen LogP contribution in [0.25, 0.3) is 0 Å². The number of ether oxygens (including phenoxy) is 1. The molecular weight excluding hydrogens is 138 g/mol. The first kappa shape index (κ1) is 6.89. The first-order valence-corrected chi connectivity index (χ1v) is 4.16. The van der Waals surface area contributed by atoms with Gasteiger partial charge in [0.25, 0.3) is 0 Å². The minimum atomic E-state index is 0.488. The van der Waals surface area contributed by atoms with E-state index in [9.17, 15) is 0 Å². The molecule has 2 bridgehead atoms. The fourth-order valence-electron chi connectivity index (χ4n) is 1.79. The molecule has 0 N–H and O–H groups in total. The van der Waals surface area contributed by atoms with E-state index < -0.39 is 0 Å². The zero-order chi connectivity index (χ0) is 7.84. The van der Waals surface area contributed by atoms with Gasteiger partial charge in [0.05, 0.1) is 12.6 Å². The third kappa shape index (κ3) is 0.971. The van der Waals surface area contributed by atoms with Crippen LogP contribution in [-0.4, -0.2) is 18.9 Å². The molecule has 0 radical (unpaired) electrons. The Kier molecular flexibility index (Phi) is 1.48. The van der Waals surface area contributed by atoms with Gasteiger partial charge >= 0.3 is 0 Å². The molecule has 2 rings (SSSR count). The van der Waals surface area contributed by atoms with Gasteiger partial charge in [0.15, 0.2) is 0 Å². The molecule has 0 saturated carbocycles. The van der Waals surface area contributed by atoms with Gasteiger partial charge in [0.1, 0.15) is 5.76 Å². The van der Waals surface area contributed by atoms with E-state index in [0.717, 1.165) is 18.8 Å². The van der Waals surface area contributed by atoms with Crippen molar-refractivity contribution in [1.29, 1.82) is 0 Å². The van der Waals surface area contributed by atoms with Gasteiger partial charge in [0, 0.05) is 24.1 Å². The summed E-state index contributed by atoms with van der Waals surface area (Å²) in [5.41, 5.74) is 1.20. The van der Waals surface area contributed by atoms with Gasteiger partial charge in [-0.2, -0.15) is 0 Å². The van der Waals surface area contributed by atoms with Crippen molar-refractivity contribution in [3.63, 3.8) is 0 Å². The number of hydrogen-bond acceptors (Lipinski definition) is 2. The maximum absolute atomic E-state index is 5.56. The zero-order valence-corrected chi connectivity index (χ0v) is 7.00. The van der Waals surface area contributed by atoms with E-state index in [1.165, 1.54) is 5.57 Å². The molecule has 2 nitrogen and oxygen atoms in total. The van der Waals surface area contributed by atoms with E-state index in [1.807, 2.05) is 6.21 Å². The predicted octanol–water partition coefficient (Wildman–Crippen LogP) is 1.77. The highest BCUT2D eigenvalue weighted by atomic mass is 16.5. The molecule has 0 aromatic rings. The Bertz CT molecular complexity index is 230. The molecule has 0 aromatic heterocycles. The molecule has 0 aliphatic carbocycles. The average molecular weight is 151 g/mol. The largest absolute Gasteiger partial charge is 0.497 e. The van der Waals surface area contributed by atoms with Crippen molar-refractivity contribution >= 4 is 6.21 Å². The maximum Gasteiger partial charge on any atom is 0.105 e. The molecule has 11 heavy (non-hydrogen) atoms. The van der Waals surface area contributed by atoms with Crippen LogP contribution in [-0.2, 0) is 4.74 Å². The molecule has 60 valence electrons. The van der Waals surface area contributed by atoms with Crippen LogP contribution in [0, 0.1) is 5.92 Å². The first-order valence-electron chi connectivity index (χ1n) is 4.16. The summed E-state index contributed by atoms with van der Waals surface area (Å²) < 4.78 is 5.56. The lowest BCUT2D eigenvalue weighted by Crippen LogP contribution is -2.30. The second kappa shape index (κ2) is 2.36. The SMILES string of the molecule is CC1=C2OCCC(N=C1)C2C. The molecule has 2 heteroatoms. The Hall–Kier alpha value is -0.790. The van der Waals surface area contributed by atoms with Crippen LogP contribution in [0.3, 0.4) is 0 Å². The summed E-state index contributed by atoms with van der Waals surface area (Å²) in [6, 6.07) is 0.488. The standard InChI is InChI=1S/C9H13NO/c1-6-5-10-8-3-4-11-9(6)7(8)2/h5,7-8H,3-4H2,1-2H3. The number of dihydropyridines is 1. The molecule has 2 heterocycles. The fraction of sp³-hybridized carbons (Fsp3) is 0.667. The van der Waals surface area contributed by atoms with E-state index in [2.05, 4.69) is 18.8 Å². The molecular formula is C9H13NO. The highest BCUT2D eigenvalue weighted by Crippen LogP contribution is 2.31. The highest BCUT2D eigenvalue weighted by Gasteiger charge is 2.29. The Balaban J connectivity index is 2.36. The number of allylic oxidation sites excluding steroid dienone is 1. The van der Waals surface area contributed by atoms with Gasteiger partial charge in [-0.05, 0) is 6.92 Å². The van der Waals surface area contributed by atoms with Gasteiger partial charge in [0.2, 0.25) is 0 Å². The Morgan fingerprint density at radius 2 is 2.45 bits per heavy atom. The topological polar surface area (TPSA) is 21.6 Å². The maximum atomic E-state index is 5.56. The monoisotopic (exact) mass is 151 g/mol. The molecule has 2 atom stereocenters. The first-order chi connectivity index (χ1) is 5.29. The van der Waals surface area contributed by atoms with Crippen LogP contribution in [0.5, 0.6) is 0 Å². The molecule has 2 unspecified atom stereocenters. The van der Waals surface area contributed by atoms with Crippen molar-refractivity contribution in [2.24, 2.45) is 10.9 Å². The summed E-state index contributed by atoms with van der Waals surface area (Å²) in [6.07, 6.45) is 3.02. The molecule has 0 spiro atoms. The van der Waals surface area contributed by atoms with Crippen LogP contribution in [0.15, 0.2) is 16.3 Å². The third-order valence-corrected chi connectivity index (χ3v) is 2.51. The van der Waals surface area contributed by atoms with E-state index in [0.29, 0.717) is 12.0 Å². The van der Waals surface area contributed by atoms with E-state index in [4.69, 9.17) is 4.74 Å². The molecule has 2 aliphatic rings. The molecule has 1 fully saturated rings. The van der Waals surface area contributed by atoms with Crippen LogP contribution < -0.4 is 0 Å². The Morgan fingerprint density at radius 3 is 3.18 bits per heavy atom. The Morgan fingerprint density at radius 1 is 1.64 bits per heavy atom. The van der Waals surface area contributed by atoms with Gasteiger partial charge in [-0.15, -0.1) is 0 Å². The summed E-state index contributed by atoms with van der Waals surface area (Å²) in [4.78, 5) is 4.45. The second-order valence-electron chi connectivity index (χ2n) is 3.32. The quantitative estimate of drug-likeness (QED) is 0.517. The van der Waals surface area contributed by atoms with E-state index in [1.54, 1.807) is 0 Å².